The van der Waals surface area contributed by atoms with E-state index in [1.165, 1.54) is 5.56 Å². The van der Waals surface area contributed by atoms with Crippen molar-refractivity contribution in [3.8, 4) is 0 Å². The fourth-order valence-electron chi connectivity index (χ4n) is 2.97. The number of anilines is 1. The van der Waals surface area contributed by atoms with E-state index in [1.54, 1.807) is 13.8 Å². The number of rotatable bonds is 7. The van der Waals surface area contributed by atoms with Crippen molar-refractivity contribution in [2.75, 3.05) is 5.32 Å². The molecule has 2 amide bonds. The first-order valence-corrected chi connectivity index (χ1v) is 9.57. The van der Waals surface area contributed by atoms with Crippen LogP contribution in [0.25, 0.3) is 0 Å². The fourth-order valence-corrected chi connectivity index (χ4v) is 2.97. The van der Waals surface area contributed by atoms with Gasteiger partial charge >= 0.3 is 6.09 Å². The molecule has 0 bridgehead atoms. The smallest absolute Gasteiger partial charge is 0.407 e. The van der Waals surface area contributed by atoms with Gasteiger partial charge in [-0.1, -0.05) is 49.4 Å². The van der Waals surface area contributed by atoms with Crippen LogP contribution in [0.2, 0.25) is 0 Å². The maximum Gasteiger partial charge on any atom is 0.407 e. The largest absolute Gasteiger partial charge is 0.445 e. The quantitative estimate of drug-likeness (QED) is 0.685. The number of alkyl carbamates (subject to hydrolysis) is 1. The van der Waals surface area contributed by atoms with Gasteiger partial charge < -0.3 is 21.1 Å². The third kappa shape index (κ3) is 5.33. The van der Waals surface area contributed by atoms with Gasteiger partial charge in [0.1, 0.15) is 6.61 Å². The van der Waals surface area contributed by atoms with Gasteiger partial charge in [-0.25, -0.2) is 4.79 Å². The van der Waals surface area contributed by atoms with E-state index in [2.05, 4.69) is 10.6 Å². The molecule has 0 heterocycles. The van der Waals surface area contributed by atoms with Crippen LogP contribution in [-0.4, -0.2) is 24.1 Å². The van der Waals surface area contributed by atoms with Gasteiger partial charge in [0.25, 0.3) is 0 Å². The molecule has 6 nitrogen and oxygen atoms in total. The molecule has 3 rings (SSSR count). The van der Waals surface area contributed by atoms with E-state index in [0.29, 0.717) is 5.92 Å². The van der Waals surface area contributed by atoms with Crippen molar-refractivity contribution in [1.82, 2.24) is 5.32 Å². The zero-order valence-corrected chi connectivity index (χ0v) is 16.2. The third-order valence-corrected chi connectivity index (χ3v) is 5.17. The van der Waals surface area contributed by atoms with Crippen LogP contribution in [0.1, 0.15) is 37.3 Å². The minimum atomic E-state index is -0.541. The minimum Gasteiger partial charge on any atom is -0.445 e. The molecular weight excluding hydrogens is 354 g/mol. The zero-order chi connectivity index (χ0) is 20.1. The minimum absolute atomic E-state index is 0.160. The third-order valence-electron chi connectivity index (χ3n) is 5.17. The van der Waals surface area contributed by atoms with E-state index < -0.39 is 12.0 Å². The van der Waals surface area contributed by atoms with E-state index in [4.69, 9.17) is 10.5 Å². The number of carbonyl (C=O) groups is 2. The van der Waals surface area contributed by atoms with Crippen LogP contribution in [-0.2, 0) is 16.1 Å². The van der Waals surface area contributed by atoms with E-state index in [-0.39, 0.29) is 24.6 Å². The van der Waals surface area contributed by atoms with Gasteiger partial charge in [0.05, 0.1) is 5.92 Å². The highest BCUT2D eigenvalue weighted by Gasteiger charge is 2.34. The molecule has 0 aromatic heterocycles. The maximum atomic E-state index is 12.5. The fraction of sp³-hybridized carbons (Fsp3) is 0.364. The van der Waals surface area contributed by atoms with Crippen molar-refractivity contribution < 1.29 is 14.3 Å². The highest BCUT2D eigenvalue weighted by molar-refractivity contribution is 5.93. The first kappa shape index (κ1) is 19.9. The lowest BCUT2D eigenvalue weighted by molar-refractivity contribution is -0.120. The Kier molecular flexibility index (Phi) is 6.31. The second-order valence-corrected chi connectivity index (χ2v) is 7.40. The van der Waals surface area contributed by atoms with E-state index in [1.807, 2.05) is 54.6 Å². The summed E-state index contributed by atoms with van der Waals surface area (Å²) in [4.78, 5) is 24.4. The summed E-state index contributed by atoms with van der Waals surface area (Å²) >= 11 is 0. The van der Waals surface area contributed by atoms with Crippen LogP contribution >= 0.6 is 0 Å². The Morgan fingerprint density at radius 3 is 2.36 bits per heavy atom. The Balaban J connectivity index is 1.44. The number of nitrogens with two attached hydrogens (primary N) is 1. The molecule has 4 atom stereocenters. The predicted octanol–water partition coefficient (Wildman–Crippen LogP) is 3.39. The van der Waals surface area contributed by atoms with Gasteiger partial charge in [-0.3, -0.25) is 4.79 Å². The topological polar surface area (TPSA) is 93.4 Å². The molecule has 6 heteroatoms. The second-order valence-electron chi connectivity index (χ2n) is 7.40. The molecule has 28 heavy (non-hydrogen) atoms. The molecular formula is C22H27N3O3. The molecule has 4 N–H and O–H groups in total. The molecule has 4 unspecified atom stereocenters. The summed E-state index contributed by atoms with van der Waals surface area (Å²) < 4.78 is 5.21. The predicted molar refractivity (Wildman–Crippen MR) is 109 cm³/mol. The number of ether oxygens (including phenoxy) is 1. The molecule has 1 fully saturated rings. The monoisotopic (exact) mass is 381 g/mol. The molecule has 0 spiro atoms. The first-order valence-electron chi connectivity index (χ1n) is 9.57. The Morgan fingerprint density at radius 1 is 1.11 bits per heavy atom. The number of benzene rings is 2. The van der Waals surface area contributed by atoms with Crippen molar-refractivity contribution in [2.24, 2.45) is 11.7 Å². The van der Waals surface area contributed by atoms with Crippen molar-refractivity contribution in [3.63, 3.8) is 0 Å². The van der Waals surface area contributed by atoms with Crippen LogP contribution in [0.5, 0.6) is 0 Å². The van der Waals surface area contributed by atoms with Crippen LogP contribution in [0.3, 0.4) is 0 Å². The number of hydrogen-bond acceptors (Lipinski definition) is 4. The normalized spacial score (nSPS) is 20.0. The van der Waals surface area contributed by atoms with Crippen molar-refractivity contribution >= 4 is 17.7 Å². The Hall–Kier alpha value is -2.86. The number of hydrogen-bond donors (Lipinski definition) is 3. The lowest BCUT2D eigenvalue weighted by atomic mass is 10.0. The summed E-state index contributed by atoms with van der Waals surface area (Å²) in [5.41, 5.74) is 8.71. The first-order chi connectivity index (χ1) is 13.4. The lowest BCUT2D eigenvalue weighted by Gasteiger charge is -2.20. The Labute approximate surface area is 165 Å². The summed E-state index contributed by atoms with van der Waals surface area (Å²) in [6, 6.07) is 17.1. The summed E-state index contributed by atoms with van der Waals surface area (Å²) in [5.74, 6) is -0.137. The Morgan fingerprint density at radius 2 is 1.75 bits per heavy atom. The maximum absolute atomic E-state index is 12.5. The average Bonchev–Trinajstić information content (AvgIpc) is 3.43. The average molecular weight is 381 g/mol. The Bertz CT molecular complexity index is 808. The molecule has 0 radical (unpaired) electrons. The van der Waals surface area contributed by atoms with E-state index in [9.17, 15) is 9.59 Å². The van der Waals surface area contributed by atoms with Crippen LogP contribution in [0.15, 0.2) is 54.6 Å². The van der Waals surface area contributed by atoms with Crippen LogP contribution in [0.4, 0.5) is 10.5 Å². The molecule has 0 saturated heterocycles. The lowest BCUT2D eigenvalue weighted by Crippen LogP contribution is -2.42. The summed E-state index contributed by atoms with van der Waals surface area (Å²) in [7, 11) is 0. The van der Waals surface area contributed by atoms with Gasteiger partial charge in [0, 0.05) is 23.7 Å². The highest BCUT2D eigenvalue weighted by Crippen LogP contribution is 2.39. The van der Waals surface area contributed by atoms with Gasteiger partial charge in [0.15, 0.2) is 0 Å². The molecule has 2 aromatic carbocycles. The molecule has 1 saturated carbocycles. The van der Waals surface area contributed by atoms with Crippen LogP contribution < -0.4 is 16.4 Å². The number of amides is 2. The highest BCUT2D eigenvalue weighted by atomic mass is 16.5. The molecule has 0 aliphatic heterocycles. The van der Waals surface area contributed by atoms with E-state index >= 15 is 0 Å². The molecule has 2 aromatic rings. The second kappa shape index (κ2) is 8.89. The van der Waals surface area contributed by atoms with Gasteiger partial charge in [-0.2, -0.15) is 0 Å². The molecule has 1 aliphatic carbocycles. The number of nitrogens with one attached hydrogen (secondary N) is 2. The van der Waals surface area contributed by atoms with Crippen LogP contribution in [0, 0.1) is 5.92 Å². The zero-order valence-electron chi connectivity index (χ0n) is 16.2. The summed E-state index contributed by atoms with van der Waals surface area (Å²) in [6.45, 7) is 3.75. The summed E-state index contributed by atoms with van der Waals surface area (Å²) in [6.07, 6.45) is 0.480. The van der Waals surface area contributed by atoms with Gasteiger partial charge in [-0.15, -0.1) is 0 Å². The SMILES string of the molecule is CC(NC(=O)OCc1ccccc1)C(C)C(=O)Nc1ccc(C2CC2N)cc1. The molecule has 1 aliphatic rings. The van der Waals surface area contributed by atoms with Gasteiger partial charge in [-0.05, 0) is 36.6 Å². The number of carbonyl (C=O) groups excluding carboxylic acids is 2. The standard InChI is InChI=1S/C22H27N3O3/c1-14(15(2)24-22(27)28-13-16-6-4-3-5-7-16)21(26)25-18-10-8-17(9-11-18)19-12-20(19)23/h3-11,14-15,19-20H,12-13,23H2,1-2H3,(H,24,27)(H,25,26). The van der Waals surface area contributed by atoms with E-state index in [0.717, 1.165) is 17.7 Å². The summed E-state index contributed by atoms with van der Waals surface area (Å²) in [5, 5.41) is 5.61. The van der Waals surface area contributed by atoms with Crippen molar-refractivity contribution in [2.45, 2.75) is 44.9 Å². The van der Waals surface area contributed by atoms with Crippen molar-refractivity contribution in [1.29, 1.82) is 0 Å². The van der Waals surface area contributed by atoms with Crippen molar-refractivity contribution in [3.05, 3.63) is 65.7 Å². The van der Waals surface area contributed by atoms with Gasteiger partial charge in [0.2, 0.25) is 5.91 Å². The molecule has 148 valence electrons.